The van der Waals surface area contributed by atoms with Gasteiger partial charge in [-0.2, -0.15) is 0 Å². The summed E-state index contributed by atoms with van der Waals surface area (Å²) in [6.07, 6.45) is 2.99. The number of hydrogen-bond acceptors (Lipinski definition) is 2. The Kier molecular flexibility index (Phi) is 5.99. The van der Waals surface area contributed by atoms with Crippen LogP contribution in [0.15, 0.2) is 29.8 Å². The molecule has 3 nitrogen and oxygen atoms in total. The van der Waals surface area contributed by atoms with Gasteiger partial charge in [0.25, 0.3) is 5.91 Å². The van der Waals surface area contributed by atoms with Crippen LogP contribution in [0.4, 0.5) is 4.39 Å². The van der Waals surface area contributed by atoms with Crippen molar-refractivity contribution in [3.05, 3.63) is 46.8 Å². The van der Waals surface area contributed by atoms with Crippen molar-refractivity contribution >= 4 is 18.3 Å². The van der Waals surface area contributed by atoms with Crippen LogP contribution in [0.5, 0.6) is 0 Å². The SMILES string of the molecule is Cc1ccc(C(=O)NCC2=CCNCC2)c(F)c1.Cl. The van der Waals surface area contributed by atoms with Gasteiger partial charge in [0, 0.05) is 13.1 Å². The van der Waals surface area contributed by atoms with Gasteiger partial charge in [0.05, 0.1) is 5.56 Å². The van der Waals surface area contributed by atoms with E-state index < -0.39 is 5.82 Å². The largest absolute Gasteiger partial charge is 0.348 e. The molecule has 0 saturated carbocycles. The second kappa shape index (κ2) is 7.26. The normalized spacial score (nSPS) is 14.3. The van der Waals surface area contributed by atoms with Crippen LogP contribution in [0.2, 0.25) is 0 Å². The zero-order valence-electron chi connectivity index (χ0n) is 10.8. The van der Waals surface area contributed by atoms with Crippen LogP contribution in [0.1, 0.15) is 22.3 Å². The highest BCUT2D eigenvalue weighted by Gasteiger charge is 2.12. The first-order valence-electron chi connectivity index (χ1n) is 6.10. The summed E-state index contributed by atoms with van der Waals surface area (Å²) in [5, 5.41) is 5.95. The fourth-order valence-corrected chi connectivity index (χ4v) is 1.92. The van der Waals surface area contributed by atoms with E-state index in [4.69, 9.17) is 0 Å². The highest BCUT2D eigenvalue weighted by molar-refractivity contribution is 5.94. The molecule has 5 heteroatoms. The maximum absolute atomic E-state index is 13.6. The number of halogens is 2. The number of benzene rings is 1. The van der Waals surface area contributed by atoms with Crippen LogP contribution < -0.4 is 10.6 Å². The van der Waals surface area contributed by atoms with Crippen LogP contribution in [0.3, 0.4) is 0 Å². The van der Waals surface area contributed by atoms with Gasteiger partial charge in [0.2, 0.25) is 0 Å². The molecule has 1 amide bonds. The number of aryl methyl sites for hydroxylation is 1. The minimum absolute atomic E-state index is 0. The summed E-state index contributed by atoms with van der Waals surface area (Å²) in [6, 6.07) is 4.64. The zero-order chi connectivity index (χ0) is 13.0. The summed E-state index contributed by atoms with van der Waals surface area (Å²) in [5.74, 6) is -0.821. The van der Waals surface area contributed by atoms with Crippen molar-refractivity contribution in [2.75, 3.05) is 19.6 Å². The molecular weight excluding hydrogens is 267 g/mol. The van der Waals surface area contributed by atoms with E-state index in [0.29, 0.717) is 6.54 Å². The Morgan fingerprint density at radius 3 is 2.89 bits per heavy atom. The molecule has 0 aliphatic carbocycles. The van der Waals surface area contributed by atoms with Crippen LogP contribution in [-0.2, 0) is 0 Å². The van der Waals surface area contributed by atoms with Crippen molar-refractivity contribution in [1.29, 1.82) is 0 Å². The van der Waals surface area contributed by atoms with Crippen molar-refractivity contribution in [2.45, 2.75) is 13.3 Å². The maximum atomic E-state index is 13.6. The maximum Gasteiger partial charge on any atom is 0.254 e. The molecule has 0 bridgehead atoms. The lowest BCUT2D eigenvalue weighted by molar-refractivity contribution is 0.0952. The lowest BCUT2D eigenvalue weighted by Gasteiger charge is -2.14. The van der Waals surface area contributed by atoms with E-state index in [0.717, 1.165) is 25.1 Å². The summed E-state index contributed by atoms with van der Waals surface area (Å²) in [4.78, 5) is 11.8. The van der Waals surface area contributed by atoms with Crippen molar-refractivity contribution in [2.24, 2.45) is 0 Å². The van der Waals surface area contributed by atoms with E-state index in [1.807, 2.05) is 0 Å². The van der Waals surface area contributed by atoms with E-state index in [2.05, 4.69) is 16.7 Å². The molecule has 0 unspecified atom stereocenters. The molecule has 19 heavy (non-hydrogen) atoms. The standard InChI is InChI=1S/C14H17FN2O.ClH/c1-10-2-3-12(13(15)8-10)14(18)17-9-11-4-6-16-7-5-11;/h2-4,8,16H,5-7,9H2,1H3,(H,17,18);1H. The summed E-state index contributed by atoms with van der Waals surface area (Å²) < 4.78 is 13.6. The predicted octanol–water partition coefficient (Wildman–Crippen LogP) is 2.21. The van der Waals surface area contributed by atoms with Gasteiger partial charge in [-0.1, -0.05) is 17.7 Å². The fraction of sp³-hybridized carbons (Fsp3) is 0.357. The van der Waals surface area contributed by atoms with Crippen LogP contribution in [0, 0.1) is 12.7 Å². The number of rotatable bonds is 3. The number of amides is 1. The second-order valence-corrected chi connectivity index (χ2v) is 4.48. The van der Waals surface area contributed by atoms with Crippen LogP contribution in [-0.4, -0.2) is 25.5 Å². The van der Waals surface area contributed by atoms with Crippen LogP contribution in [0.25, 0.3) is 0 Å². The van der Waals surface area contributed by atoms with E-state index in [1.54, 1.807) is 13.0 Å². The minimum Gasteiger partial charge on any atom is -0.348 e. The topological polar surface area (TPSA) is 41.1 Å². The molecule has 1 aliphatic rings. The van der Waals surface area contributed by atoms with E-state index in [1.165, 1.54) is 17.7 Å². The monoisotopic (exact) mass is 284 g/mol. The fourth-order valence-electron chi connectivity index (χ4n) is 1.92. The molecule has 104 valence electrons. The van der Waals surface area contributed by atoms with Gasteiger partial charge in [-0.3, -0.25) is 4.79 Å². The molecule has 1 aromatic carbocycles. The third kappa shape index (κ3) is 4.33. The average molecular weight is 285 g/mol. The molecule has 0 spiro atoms. The highest BCUT2D eigenvalue weighted by atomic mass is 35.5. The summed E-state index contributed by atoms with van der Waals surface area (Å²) >= 11 is 0. The molecule has 0 radical (unpaired) electrons. The Bertz CT molecular complexity index is 488. The Morgan fingerprint density at radius 1 is 1.47 bits per heavy atom. The van der Waals surface area contributed by atoms with E-state index >= 15 is 0 Å². The molecule has 0 fully saturated rings. The molecule has 1 aromatic rings. The number of carbonyl (C=O) groups excluding carboxylic acids is 1. The van der Waals surface area contributed by atoms with E-state index in [9.17, 15) is 9.18 Å². The first kappa shape index (κ1) is 15.7. The Hall–Kier alpha value is -1.39. The number of nitrogens with one attached hydrogen (secondary N) is 2. The van der Waals surface area contributed by atoms with Crippen molar-refractivity contribution < 1.29 is 9.18 Å². The summed E-state index contributed by atoms with van der Waals surface area (Å²) in [6.45, 7) is 4.06. The number of hydrogen-bond donors (Lipinski definition) is 2. The molecule has 0 aromatic heterocycles. The molecule has 0 saturated heterocycles. The number of carbonyl (C=O) groups is 1. The summed E-state index contributed by atoms with van der Waals surface area (Å²) in [7, 11) is 0. The Morgan fingerprint density at radius 2 is 2.26 bits per heavy atom. The zero-order valence-corrected chi connectivity index (χ0v) is 11.6. The minimum atomic E-state index is -0.466. The Balaban J connectivity index is 0.00000180. The molecule has 2 N–H and O–H groups in total. The lowest BCUT2D eigenvalue weighted by atomic mass is 10.1. The molecule has 1 heterocycles. The van der Waals surface area contributed by atoms with Gasteiger partial charge < -0.3 is 10.6 Å². The summed E-state index contributed by atoms with van der Waals surface area (Å²) in [5.41, 5.74) is 2.11. The molecule has 1 aliphatic heterocycles. The first-order chi connectivity index (χ1) is 8.66. The van der Waals surface area contributed by atoms with Crippen molar-refractivity contribution in [3.63, 3.8) is 0 Å². The Labute approximate surface area is 118 Å². The van der Waals surface area contributed by atoms with Gasteiger partial charge in [0.1, 0.15) is 5.82 Å². The van der Waals surface area contributed by atoms with Gasteiger partial charge in [0.15, 0.2) is 0 Å². The second-order valence-electron chi connectivity index (χ2n) is 4.48. The predicted molar refractivity (Wildman–Crippen MR) is 76.3 cm³/mol. The van der Waals surface area contributed by atoms with Crippen molar-refractivity contribution in [3.8, 4) is 0 Å². The van der Waals surface area contributed by atoms with Crippen molar-refractivity contribution in [1.82, 2.24) is 10.6 Å². The van der Waals surface area contributed by atoms with Gasteiger partial charge in [-0.05, 0) is 37.6 Å². The van der Waals surface area contributed by atoms with Crippen LogP contribution >= 0.6 is 12.4 Å². The third-order valence-corrected chi connectivity index (χ3v) is 3.00. The van der Waals surface area contributed by atoms with Gasteiger partial charge >= 0.3 is 0 Å². The first-order valence-corrected chi connectivity index (χ1v) is 6.10. The van der Waals surface area contributed by atoms with Gasteiger partial charge in [-0.15, -0.1) is 12.4 Å². The molecule has 2 rings (SSSR count). The van der Waals surface area contributed by atoms with E-state index in [-0.39, 0.29) is 23.9 Å². The molecule has 0 atom stereocenters. The lowest BCUT2D eigenvalue weighted by Crippen LogP contribution is -2.30. The highest BCUT2D eigenvalue weighted by Crippen LogP contribution is 2.10. The van der Waals surface area contributed by atoms with Gasteiger partial charge in [-0.25, -0.2) is 4.39 Å². The molecular formula is C14H18ClFN2O. The third-order valence-electron chi connectivity index (χ3n) is 3.00. The quantitative estimate of drug-likeness (QED) is 0.836. The smallest absolute Gasteiger partial charge is 0.254 e. The average Bonchev–Trinajstić information content (AvgIpc) is 2.37.